The lowest BCUT2D eigenvalue weighted by molar-refractivity contribution is -0.384. The number of halogens is 3. The Morgan fingerprint density at radius 1 is 0.925 bits per heavy atom. The number of benzene rings is 3. The molecule has 7 nitrogen and oxygen atoms in total. The van der Waals surface area contributed by atoms with E-state index in [2.05, 4.69) is 0 Å². The first-order valence-corrected chi connectivity index (χ1v) is 13.1. The van der Waals surface area contributed by atoms with Crippen molar-refractivity contribution in [3.8, 4) is 0 Å². The summed E-state index contributed by atoms with van der Waals surface area (Å²) in [6, 6.07) is 22.1. The number of β-amino-alcohol motifs (C(OH)–C–C–N with tert-alkyl or cyclic N) is 1. The van der Waals surface area contributed by atoms with Crippen molar-refractivity contribution in [3.05, 3.63) is 112 Å². The van der Waals surface area contributed by atoms with E-state index in [1.54, 1.807) is 12.1 Å². The quantitative estimate of drug-likeness (QED) is 0.225. The fourth-order valence-corrected chi connectivity index (χ4v) is 5.57. The Morgan fingerprint density at radius 2 is 1.52 bits per heavy atom. The molecule has 1 aliphatic heterocycles. The second-order valence-electron chi connectivity index (χ2n) is 10.6. The van der Waals surface area contributed by atoms with Gasteiger partial charge in [0.25, 0.3) is 5.69 Å². The van der Waals surface area contributed by atoms with Crippen molar-refractivity contribution in [2.45, 2.75) is 43.2 Å². The maximum absolute atomic E-state index is 14.7. The molecule has 1 unspecified atom stereocenters. The topological polar surface area (TPSA) is 91.8 Å². The number of hydrogen-bond acceptors (Lipinski definition) is 5. The number of aliphatic hydroxyl groups is 2. The molecular formula is C30H30F3N3O4. The average molecular weight is 554 g/mol. The molecular weight excluding hydrogens is 523 g/mol. The number of hydrogen-bond donors (Lipinski definition) is 2. The SMILES string of the molecule is O=[N+]([O-])c1ccc2c(C(O)(CN3CCC(O)(Cc4ccccc4)CC3)C(F)(F)F)cn(Cc3ccccc3)c2c1. The van der Waals surface area contributed by atoms with Crippen LogP contribution in [-0.2, 0) is 18.6 Å². The molecule has 0 bridgehead atoms. The lowest BCUT2D eigenvalue weighted by Crippen LogP contribution is -2.54. The van der Waals surface area contributed by atoms with Gasteiger partial charge in [0.1, 0.15) is 0 Å². The maximum atomic E-state index is 14.7. The molecule has 0 radical (unpaired) electrons. The second kappa shape index (κ2) is 10.7. The highest BCUT2D eigenvalue weighted by atomic mass is 19.4. The number of likely N-dealkylation sites (tertiary alicyclic amines) is 1. The van der Waals surface area contributed by atoms with Crippen molar-refractivity contribution >= 4 is 16.6 Å². The van der Waals surface area contributed by atoms with Gasteiger partial charge in [0.05, 0.1) is 16.0 Å². The highest BCUT2D eigenvalue weighted by Gasteiger charge is 2.57. The van der Waals surface area contributed by atoms with Gasteiger partial charge in [-0.3, -0.25) is 15.0 Å². The molecule has 0 saturated carbocycles. The van der Waals surface area contributed by atoms with Crippen LogP contribution in [0.1, 0.15) is 29.5 Å². The number of rotatable bonds is 8. The molecule has 0 spiro atoms. The van der Waals surface area contributed by atoms with Crippen LogP contribution in [-0.4, -0.2) is 56.0 Å². The van der Waals surface area contributed by atoms with Crippen LogP contribution in [0, 0.1) is 10.1 Å². The molecule has 2 heterocycles. The molecule has 1 atom stereocenters. The van der Waals surface area contributed by atoms with Gasteiger partial charge in [0, 0.05) is 61.9 Å². The number of nitrogens with zero attached hydrogens (tertiary/aromatic N) is 3. The first kappa shape index (κ1) is 27.8. The first-order valence-electron chi connectivity index (χ1n) is 13.1. The number of piperidine rings is 1. The van der Waals surface area contributed by atoms with Crippen molar-refractivity contribution in [1.29, 1.82) is 0 Å². The van der Waals surface area contributed by atoms with E-state index >= 15 is 0 Å². The van der Waals surface area contributed by atoms with Crippen molar-refractivity contribution in [2.24, 2.45) is 0 Å². The number of nitro benzene ring substituents is 1. The summed E-state index contributed by atoms with van der Waals surface area (Å²) < 4.78 is 45.7. The third-order valence-electron chi connectivity index (χ3n) is 7.80. The van der Waals surface area contributed by atoms with Gasteiger partial charge >= 0.3 is 6.18 Å². The Labute approximate surface area is 229 Å². The maximum Gasteiger partial charge on any atom is 0.422 e. The van der Waals surface area contributed by atoms with Crippen LogP contribution >= 0.6 is 0 Å². The van der Waals surface area contributed by atoms with Gasteiger partial charge in [0.15, 0.2) is 0 Å². The molecule has 3 aromatic carbocycles. The average Bonchev–Trinajstić information content (AvgIpc) is 3.28. The first-order chi connectivity index (χ1) is 19.0. The third kappa shape index (κ3) is 5.60. The minimum atomic E-state index is -5.03. The summed E-state index contributed by atoms with van der Waals surface area (Å²) in [5, 5.41) is 34.1. The van der Waals surface area contributed by atoms with E-state index in [-0.39, 0.29) is 54.6 Å². The number of aromatic nitrogens is 1. The summed E-state index contributed by atoms with van der Waals surface area (Å²) in [5.74, 6) is 0. The fraction of sp³-hybridized carbons (Fsp3) is 0.333. The van der Waals surface area contributed by atoms with Gasteiger partial charge in [-0.05, 0) is 30.0 Å². The van der Waals surface area contributed by atoms with Crippen LogP contribution < -0.4 is 0 Å². The van der Waals surface area contributed by atoms with E-state index in [0.717, 1.165) is 17.2 Å². The standard InChI is InChI=1S/C30H30F3N3O4/c31-30(32,33)29(38,21-34-15-13-28(37,14-16-34)18-22-7-3-1-4-8-22)26-20-35(19-23-9-5-2-6-10-23)27-17-24(36(39)40)11-12-25(26)27/h1-12,17,20,37-38H,13-16,18-19,21H2. The van der Waals surface area contributed by atoms with E-state index in [1.807, 2.05) is 48.5 Å². The highest BCUT2D eigenvalue weighted by Crippen LogP contribution is 2.44. The lowest BCUT2D eigenvalue weighted by atomic mass is 9.84. The van der Waals surface area contributed by atoms with Crippen LogP contribution in [0.25, 0.3) is 10.9 Å². The molecule has 1 saturated heterocycles. The van der Waals surface area contributed by atoms with Crippen LogP contribution in [0.4, 0.5) is 18.9 Å². The number of alkyl halides is 3. The summed E-state index contributed by atoms with van der Waals surface area (Å²) >= 11 is 0. The molecule has 0 aliphatic carbocycles. The molecule has 5 rings (SSSR count). The monoisotopic (exact) mass is 553 g/mol. The number of fused-ring (bicyclic) bond motifs is 1. The Balaban J connectivity index is 1.46. The van der Waals surface area contributed by atoms with E-state index in [1.165, 1.54) is 27.8 Å². The van der Waals surface area contributed by atoms with E-state index in [9.17, 15) is 33.5 Å². The van der Waals surface area contributed by atoms with Gasteiger partial charge in [-0.25, -0.2) is 0 Å². The van der Waals surface area contributed by atoms with Crippen LogP contribution in [0.5, 0.6) is 0 Å². The Kier molecular flexibility index (Phi) is 7.43. The molecule has 210 valence electrons. The highest BCUT2D eigenvalue weighted by molar-refractivity contribution is 5.87. The summed E-state index contributed by atoms with van der Waals surface area (Å²) in [7, 11) is 0. The summed E-state index contributed by atoms with van der Waals surface area (Å²) in [6.07, 6.45) is -2.85. The van der Waals surface area contributed by atoms with Crippen molar-refractivity contribution in [2.75, 3.05) is 19.6 Å². The largest absolute Gasteiger partial charge is 0.422 e. The summed E-state index contributed by atoms with van der Waals surface area (Å²) in [4.78, 5) is 12.4. The van der Waals surface area contributed by atoms with Gasteiger partial charge in [-0.15, -0.1) is 0 Å². The van der Waals surface area contributed by atoms with Crippen LogP contribution in [0.2, 0.25) is 0 Å². The fourth-order valence-electron chi connectivity index (χ4n) is 5.57. The molecule has 2 N–H and O–H groups in total. The molecule has 1 fully saturated rings. The van der Waals surface area contributed by atoms with E-state index in [4.69, 9.17) is 0 Å². The minimum Gasteiger partial charge on any atom is -0.389 e. The molecule has 10 heteroatoms. The van der Waals surface area contributed by atoms with Gasteiger partial charge in [0.2, 0.25) is 5.60 Å². The van der Waals surface area contributed by atoms with E-state index in [0.29, 0.717) is 6.42 Å². The predicted octanol–water partition coefficient (Wildman–Crippen LogP) is 5.42. The lowest BCUT2D eigenvalue weighted by Gasteiger charge is -2.42. The summed E-state index contributed by atoms with van der Waals surface area (Å²) in [6.45, 7) is -0.201. The molecule has 1 aliphatic rings. The van der Waals surface area contributed by atoms with Crippen LogP contribution in [0.15, 0.2) is 85.1 Å². The smallest absolute Gasteiger partial charge is 0.389 e. The van der Waals surface area contributed by atoms with E-state index < -0.39 is 28.8 Å². The van der Waals surface area contributed by atoms with Crippen molar-refractivity contribution in [1.82, 2.24) is 9.47 Å². The zero-order chi connectivity index (χ0) is 28.5. The van der Waals surface area contributed by atoms with Gasteiger partial charge in [-0.1, -0.05) is 60.7 Å². The molecule has 0 amide bonds. The molecule has 4 aromatic rings. The molecule has 40 heavy (non-hydrogen) atoms. The Bertz CT molecular complexity index is 1480. The zero-order valence-electron chi connectivity index (χ0n) is 21.7. The summed E-state index contributed by atoms with van der Waals surface area (Å²) in [5.41, 5.74) is -2.92. The zero-order valence-corrected chi connectivity index (χ0v) is 21.7. The normalized spacial score (nSPS) is 17.5. The van der Waals surface area contributed by atoms with Crippen molar-refractivity contribution < 1.29 is 28.3 Å². The van der Waals surface area contributed by atoms with Gasteiger partial charge < -0.3 is 14.8 Å². The number of nitro groups is 1. The number of non-ortho nitro benzene ring substituents is 1. The van der Waals surface area contributed by atoms with Crippen LogP contribution in [0.3, 0.4) is 0 Å². The third-order valence-corrected chi connectivity index (χ3v) is 7.80. The van der Waals surface area contributed by atoms with Gasteiger partial charge in [-0.2, -0.15) is 13.2 Å². The Hall–Kier alpha value is -3.73. The minimum absolute atomic E-state index is 0.0962. The predicted molar refractivity (Wildman–Crippen MR) is 145 cm³/mol. The second-order valence-corrected chi connectivity index (χ2v) is 10.6. The van der Waals surface area contributed by atoms with Crippen molar-refractivity contribution in [3.63, 3.8) is 0 Å². The Morgan fingerprint density at radius 3 is 2.10 bits per heavy atom. The molecule has 1 aromatic heterocycles.